The molecule has 0 spiro atoms. The van der Waals surface area contributed by atoms with Gasteiger partial charge in [0.25, 0.3) is 0 Å². The van der Waals surface area contributed by atoms with Crippen LogP contribution in [0.5, 0.6) is 0 Å². The Morgan fingerprint density at radius 2 is 2.18 bits per heavy atom. The van der Waals surface area contributed by atoms with Crippen LogP contribution in [0.25, 0.3) is 0 Å². The molecule has 1 atom stereocenters. The number of rotatable bonds is 5. The molecule has 0 radical (unpaired) electrons. The van der Waals surface area contributed by atoms with Gasteiger partial charge in [0.05, 0.1) is 6.20 Å². The van der Waals surface area contributed by atoms with E-state index < -0.39 is 0 Å². The minimum atomic E-state index is -0.257. The molecule has 0 aliphatic heterocycles. The highest BCUT2D eigenvalue weighted by Gasteiger charge is 2.14. The van der Waals surface area contributed by atoms with E-state index in [1.807, 2.05) is 0 Å². The summed E-state index contributed by atoms with van der Waals surface area (Å²) in [5.41, 5.74) is 0.927. The number of nitrogens with zero attached hydrogens (tertiary/aromatic N) is 1. The first-order valence-corrected chi connectivity index (χ1v) is 6.59. The Bertz CT molecular complexity index is 348. The van der Waals surface area contributed by atoms with Gasteiger partial charge in [-0.3, -0.25) is 4.98 Å². The van der Waals surface area contributed by atoms with E-state index in [2.05, 4.69) is 17.2 Å². The second-order valence-corrected chi connectivity index (χ2v) is 5.05. The fourth-order valence-electron chi connectivity index (χ4n) is 2.59. The van der Waals surface area contributed by atoms with Gasteiger partial charge in [0, 0.05) is 12.2 Å². The Hall–Kier alpha value is -0.960. The van der Waals surface area contributed by atoms with Crippen molar-refractivity contribution in [3.63, 3.8) is 0 Å². The molecule has 1 aliphatic carbocycles. The van der Waals surface area contributed by atoms with Crippen LogP contribution in [0, 0.1) is 11.7 Å². The van der Waals surface area contributed by atoms with Crippen LogP contribution in [-0.4, -0.2) is 11.5 Å². The van der Waals surface area contributed by atoms with Gasteiger partial charge in [0.15, 0.2) is 0 Å². The van der Waals surface area contributed by atoms with E-state index in [-0.39, 0.29) is 11.9 Å². The number of pyridine rings is 1. The van der Waals surface area contributed by atoms with Gasteiger partial charge in [-0.05, 0) is 37.4 Å². The average molecular weight is 236 g/mol. The van der Waals surface area contributed by atoms with E-state index in [0.29, 0.717) is 0 Å². The van der Waals surface area contributed by atoms with Crippen molar-refractivity contribution in [3.05, 3.63) is 29.8 Å². The standard InChI is InChI=1S/C14H21FN2/c1-11(13-8-14(15)10-16-9-13)17-7-6-12-4-2-3-5-12/h8-12,17H,2-7H2,1H3. The zero-order chi connectivity index (χ0) is 12.1. The van der Waals surface area contributed by atoms with E-state index in [9.17, 15) is 4.39 Å². The van der Waals surface area contributed by atoms with Gasteiger partial charge in [-0.25, -0.2) is 4.39 Å². The molecule has 1 saturated carbocycles. The predicted octanol–water partition coefficient (Wildman–Crippen LogP) is 3.45. The fourth-order valence-corrected chi connectivity index (χ4v) is 2.59. The zero-order valence-corrected chi connectivity index (χ0v) is 10.5. The lowest BCUT2D eigenvalue weighted by atomic mass is 10.0. The van der Waals surface area contributed by atoms with E-state index in [4.69, 9.17) is 0 Å². The molecule has 2 rings (SSSR count). The molecule has 1 aliphatic rings. The molecule has 94 valence electrons. The van der Waals surface area contributed by atoms with Gasteiger partial charge in [0.1, 0.15) is 5.82 Å². The first kappa shape index (κ1) is 12.5. The zero-order valence-electron chi connectivity index (χ0n) is 10.5. The second kappa shape index (κ2) is 6.10. The number of nitrogens with one attached hydrogen (secondary N) is 1. The molecule has 0 saturated heterocycles. The van der Waals surface area contributed by atoms with Crippen LogP contribution >= 0.6 is 0 Å². The lowest BCUT2D eigenvalue weighted by molar-refractivity contribution is 0.453. The molecule has 0 amide bonds. The lowest BCUT2D eigenvalue weighted by Crippen LogP contribution is -2.21. The van der Waals surface area contributed by atoms with E-state index in [0.717, 1.165) is 18.0 Å². The van der Waals surface area contributed by atoms with Gasteiger partial charge in [-0.2, -0.15) is 0 Å². The van der Waals surface area contributed by atoms with Crippen molar-refractivity contribution in [3.8, 4) is 0 Å². The van der Waals surface area contributed by atoms with Crippen molar-refractivity contribution in [2.24, 2.45) is 5.92 Å². The third kappa shape index (κ3) is 3.77. The second-order valence-electron chi connectivity index (χ2n) is 5.05. The maximum atomic E-state index is 13.0. The molecule has 1 heterocycles. The molecule has 1 unspecified atom stereocenters. The van der Waals surface area contributed by atoms with Gasteiger partial charge >= 0.3 is 0 Å². The quantitative estimate of drug-likeness (QED) is 0.847. The third-order valence-electron chi connectivity index (χ3n) is 3.70. The number of hydrogen-bond donors (Lipinski definition) is 1. The fraction of sp³-hybridized carbons (Fsp3) is 0.643. The molecule has 1 aromatic heterocycles. The Labute approximate surface area is 103 Å². The van der Waals surface area contributed by atoms with Crippen LogP contribution < -0.4 is 5.32 Å². The smallest absolute Gasteiger partial charge is 0.141 e. The first-order chi connectivity index (χ1) is 8.25. The third-order valence-corrected chi connectivity index (χ3v) is 3.70. The summed E-state index contributed by atoms with van der Waals surface area (Å²) in [6, 6.07) is 1.74. The summed E-state index contributed by atoms with van der Waals surface area (Å²) in [6.07, 6.45) is 9.79. The Balaban J connectivity index is 1.74. The maximum Gasteiger partial charge on any atom is 0.141 e. The lowest BCUT2D eigenvalue weighted by Gasteiger charge is -2.15. The van der Waals surface area contributed by atoms with Crippen LogP contribution in [0.15, 0.2) is 18.5 Å². The summed E-state index contributed by atoms with van der Waals surface area (Å²) in [5, 5.41) is 3.45. The van der Waals surface area contributed by atoms with Crippen molar-refractivity contribution in [2.75, 3.05) is 6.54 Å². The normalized spacial score (nSPS) is 18.5. The van der Waals surface area contributed by atoms with Crippen molar-refractivity contribution in [1.82, 2.24) is 10.3 Å². The van der Waals surface area contributed by atoms with Crippen molar-refractivity contribution >= 4 is 0 Å². The van der Waals surface area contributed by atoms with Crippen LogP contribution in [0.1, 0.15) is 50.6 Å². The van der Waals surface area contributed by atoms with Crippen LogP contribution in [0.4, 0.5) is 4.39 Å². The van der Waals surface area contributed by atoms with Gasteiger partial charge < -0.3 is 5.32 Å². The average Bonchev–Trinajstić information content (AvgIpc) is 2.82. The van der Waals surface area contributed by atoms with E-state index in [1.165, 1.54) is 38.3 Å². The number of aromatic nitrogens is 1. The Kier molecular flexibility index (Phi) is 4.49. The maximum absolute atomic E-state index is 13.0. The highest BCUT2D eigenvalue weighted by molar-refractivity contribution is 5.14. The van der Waals surface area contributed by atoms with Crippen LogP contribution in [0.2, 0.25) is 0 Å². The van der Waals surface area contributed by atoms with Gasteiger partial charge in [-0.1, -0.05) is 25.7 Å². The highest BCUT2D eigenvalue weighted by atomic mass is 19.1. The molecule has 1 N–H and O–H groups in total. The van der Waals surface area contributed by atoms with E-state index in [1.54, 1.807) is 12.3 Å². The predicted molar refractivity (Wildman–Crippen MR) is 67.2 cm³/mol. The molecule has 17 heavy (non-hydrogen) atoms. The molecule has 1 aromatic rings. The summed E-state index contributed by atoms with van der Waals surface area (Å²) in [4.78, 5) is 3.88. The van der Waals surface area contributed by atoms with Crippen molar-refractivity contribution in [1.29, 1.82) is 0 Å². The summed E-state index contributed by atoms with van der Waals surface area (Å²) in [7, 11) is 0. The molecule has 0 bridgehead atoms. The molecule has 0 aromatic carbocycles. The molecule has 1 fully saturated rings. The highest BCUT2D eigenvalue weighted by Crippen LogP contribution is 2.27. The van der Waals surface area contributed by atoms with Crippen molar-refractivity contribution < 1.29 is 4.39 Å². The van der Waals surface area contributed by atoms with Gasteiger partial charge in [0.2, 0.25) is 0 Å². The Morgan fingerprint density at radius 1 is 1.41 bits per heavy atom. The number of hydrogen-bond acceptors (Lipinski definition) is 2. The SMILES string of the molecule is CC(NCCC1CCCC1)c1cncc(F)c1. The van der Waals surface area contributed by atoms with Gasteiger partial charge in [-0.15, -0.1) is 0 Å². The summed E-state index contributed by atoms with van der Waals surface area (Å²) in [6.45, 7) is 3.08. The molecular formula is C14H21FN2. The molecule has 2 nitrogen and oxygen atoms in total. The van der Waals surface area contributed by atoms with Crippen LogP contribution in [-0.2, 0) is 0 Å². The summed E-state index contributed by atoms with van der Waals surface area (Å²) in [5.74, 6) is 0.646. The van der Waals surface area contributed by atoms with Crippen LogP contribution in [0.3, 0.4) is 0 Å². The minimum absolute atomic E-state index is 0.180. The summed E-state index contributed by atoms with van der Waals surface area (Å²) < 4.78 is 13.0. The molecule has 3 heteroatoms. The van der Waals surface area contributed by atoms with E-state index >= 15 is 0 Å². The largest absolute Gasteiger partial charge is 0.310 e. The monoisotopic (exact) mass is 236 g/mol. The summed E-state index contributed by atoms with van der Waals surface area (Å²) >= 11 is 0. The minimum Gasteiger partial charge on any atom is -0.310 e. The number of halogens is 1. The topological polar surface area (TPSA) is 24.9 Å². The Morgan fingerprint density at radius 3 is 2.88 bits per heavy atom. The van der Waals surface area contributed by atoms with Crippen molar-refractivity contribution in [2.45, 2.75) is 45.1 Å². The molecular weight excluding hydrogens is 215 g/mol. The first-order valence-electron chi connectivity index (χ1n) is 6.59.